The van der Waals surface area contributed by atoms with Gasteiger partial charge in [0.1, 0.15) is 9.34 Å². The van der Waals surface area contributed by atoms with Crippen LogP contribution in [0, 0.1) is 0 Å². The number of carbonyl (C=O) groups is 1. The lowest BCUT2D eigenvalue weighted by Crippen LogP contribution is -2.36. The SMILES string of the molecule is COC(=O)C(NC1CCCC1)c1ncc(Cl)s1. The van der Waals surface area contributed by atoms with Gasteiger partial charge in [0.15, 0.2) is 6.04 Å². The van der Waals surface area contributed by atoms with E-state index in [1.165, 1.54) is 31.3 Å². The summed E-state index contributed by atoms with van der Waals surface area (Å²) < 4.78 is 5.39. The largest absolute Gasteiger partial charge is 0.468 e. The van der Waals surface area contributed by atoms with E-state index in [1.807, 2.05) is 0 Å². The Balaban J connectivity index is 2.10. The quantitative estimate of drug-likeness (QED) is 0.858. The van der Waals surface area contributed by atoms with Crippen LogP contribution < -0.4 is 5.32 Å². The second kappa shape index (κ2) is 5.80. The molecule has 0 bridgehead atoms. The topological polar surface area (TPSA) is 51.2 Å². The molecule has 4 nitrogen and oxygen atoms in total. The maximum absolute atomic E-state index is 11.7. The second-order valence-electron chi connectivity index (χ2n) is 4.11. The monoisotopic (exact) mass is 274 g/mol. The number of carbonyl (C=O) groups excluding carboxylic acids is 1. The third-order valence-electron chi connectivity index (χ3n) is 2.94. The molecule has 1 N–H and O–H groups in total. The van der Waals surface area contributed by atoms with Crippen molar-refractivity contribution < 1.29 is 9.53 Å². The zero-order chi connectivity index (χ0) is 12.3. The van der Waals surface area contributed by atoms with Gasteiger partial charge in [-0.15, -0.1) is 11.3 Å². The molecule has 1 unspecified atom stereocenters. The fourth-order valence-corrected chi connectivity index (χ4v) is 3.07. The minimum Gasteiger partial charge on any atom is -0.468 e. The van der Waals surface area contributed by atoms with Gasteiger partial charge in [0.05, 0.1) is 13.3 Å². The Morgan fingerprint density at radius 1 is 1.65 bits per heavy atom. The van der Waals surface area contributed by atoms with E-state index in [-0.39, 0.29) is 5.97 Å². The number of rotatable bonds is 4. The van der Waals surface area contributed by atoms with E-state index in [2.05, 4.69) is 10.3 Å². The summed E-state index contributed by atoms with van der Waals surface area (Å²) in [7, 11) is 1.39. The molecular formula is C11H15ClN2O2S. The average molecular weight is 275 g/mol. The molecule has 2 rings (SSSR count). The van der Waals surface area contributed by atoms with Crippen molar-refractivity contribution in [3.63, 3.8) is 0 Å². The summed E-state index contributed by atoms with van der Waals surface area (Å²) in [5.74, 6) is -0.303. The lowest BCUT2D eigenvalue weighted by atomic mass is 10.2. The van der Waals surface area contributed by atoms with Crippen LogP contribution in [0.2, 0.25) is 4.34 Å². The standard InChI is InChI=1S/C11H15ClN2O2S/c1-16-11(15)9(10-13-6-8(12)17-10)14-7-4-2-3-5-7/h6-7,9,14H,2-5H2,1H3. The van der Waals surface area contributed by atoms with Crippen molar-refractivity contribution >= 4 is 28.9 Å². The van der Waals surface area contributed by atoms with Crippen molar-refractivity contribution in [3.8, 4) is 0 Å². The average Bonchev–Trinajstić information content (AvgIpc) is 2.96. The van der Waals surface area contributed by atoms with Gasteiger partial charge in [0.25, 0.3) is 0 Å². The van der Waals surface area contributed by atoms with Gasteiger partial charge in [0, 0.05) is 6.04 Å². The molecule has 1 atom stereocenters. The number of nitrogens with one attached hydrogen (secondary N) is 1. The normalized spacial score (nSPS) is 18.2. The van der Waals surface area contributed by atoms with Gasteiger partial charge >= 0.3 is 5.97 Å². The third kappa shape index (κ3) is 3.18. The van der Waals surface area contributed by atoms with Crippen LogP contribution in [0.1, 0.15) is 36.7 Å². The fourth-order valence-electron chi connectivity index (χ4n) is 2.09. The number of nitrogens with zero attached hydrogens (tertiary/aromatic N) is 1. The molecule has 1 aromatic rings. The molecule has 1 saturated carbocycles. The Labute approximate surface area is 109 Å². The summed E-state index contributed by atoms with van der Waals surface area (Å²) >= 11 is 7.16. The molecule has 1 aromatic heterocycles. The smallest absolute Gasteiger partial charge is 0.330 e. The number of aromatic nitrogens is 1. The van der Waals surface area contributed by atoms with Gasteiger partial charge in [-0.25, -0.2) is 9.78 Å². The van der Waals surface area contributed by atoms with Crippen molar-refractivity contribution in [2.45, 2.75) is 37.8 Å². The van der Waals surface area contributed by atoms with Crippen LogP contribution in [-0.4, -0.2) is 24.1 Å². The number of halogens is 1. The molecule has 1 aliphatic rings. The van der Waals surface area contributed by atoms with Crippen molar-refractivity contribution in [2.24, 2.45) is 0 Å². The Morgan fingerprint density at radius 2 is 2.35 bits per heavy atom. The first-order chi connectivity index (χ1) is 8.20. The van der Waals surface area contributed by atoms with Crippen LogP contribution in [0.15, 0.2) is 6.20 Å². The molecule has 1 aliphatic carbocycles. The fraction of sp³-hybridized carbons (Fsp3) is 0.636. The van der Waals surface area contributed by atoms with E-state index < -0.39 is 6.04 Å². The predicted molar refractivity (Wildman–Crippen MR) is 67.3 cm³/mol. The van der Waals surface area contributed by atoms with E-state index in [1.54, 1.807) is 6.20 Å². The second-order valence-corrected chi connectivity index (χ2v) is 5.80. The van der Waals surface area contributed by atoms with Crippen molar-refractivity contribution in [1.29, 1.82) is 0 Å². The van der Waals surface area contributed by atoms with Crippen LogP contribution in [0.25, 0.3) is 0 Å². The third-order valence-corrected chi connectivity index (χ3v) is 4.12. The molecule has 0 saturated heterocycles. The van der Waals surface area contributed by atoms with Gasteiger partial charge in [-0.05, 0) is 12.8 Å². The molecule has 1 fully saturated rings. The van der Waals surface area contributed by atoms with Gasteiger partial charge in [-0.3, -0.25) is 5.32 Å². The highest BCUT2D eigenvalue weighted by Crippen LogP contribution is 2.27. The van der Waals surface area contributed by atoms with E-state index in [4.69, 9.17) is 16.3 Å². The number of hydrogen-bond donors (Lipinski definition) is 1. The zero-order valence-corrected chi connectivity index (χ0v) is 11.2. The van der Waals surface area contributed by atoms with E-state index in [0.717, 1.165) is 12.8 Å². The molecule has 0 radical (unpaired) electrons. The minimum absolute atomic E-state index is 0.303. The van der Waals surface area contributed by atoms with Crippen LogP contribution in [0.5, 0.6) is 0 Å². The molecule has 0 aromatic carbocycles. The van der Waals surface area contributed by atoms with Crippen LogP contribution in [0.3, 0.4) is 0 Å². The lowest BCUT2D eigenvalue weighted by Gasteiger charge is -2.18. The van der Waals surface area contributed by atoms with Crippen molar-refractivity contribution in [1.82, 2.24) is 10.3 Å². The number of esters is 1. The first-order valence-electron chi connectivity index (χ1n) is 5.66. The highest BCUT2D eigenvalue weighted by Gasteiger charge is 2.28. The van der Waals surface area contributed by atoms with Gasteiger partial charge in [0.2, 0.25) is 0 Å². The Kier molecular flexibility index (Phi) is 4.36. The summed E-state index contributed by atoms with van der Waals surface area (Å²) in [4.78, 5) is 15.9. The first-order valence-corrected chi connectivity index (χ1v) is 6.85. The number of ether oxygens (including phenoxy) is 1. The van der Waals surface area contributed by atoms with Crippen LogP contribution in [0.4, 0.5) is 0 Å². The Morgan fingerprint density at radius 3 is 2.88 bits per heavy atom. The molecule has 0 aliphatic heterocycles. The van der Waals surface area contributed by atoms with E-state index in [0.29, 0.717) is 15.4 Å². The summed E-state index contributed by atoms with van der Waals surface area (Å²) in [5.41, 5.74) is 0. The molecular weight excluding hydrogens is 260 g/mol. The molecule has 0 amide bonds. The maximum Gasteiger partial charge on any atom is 0.330 e. The Bertz CT molecular complexity index is 391. The van der Waals surface area contributed by atoms with E-state index in [9.17, 15) is 4.79 Å². The molecule has 0 spiro atoms. The Hall–Kier alpha value is -0.650. The van der Waals surface area contributed by atoms with Gasteiger partial charge < -0.3 is 4.74 Å². The molecule has 6 heteroatoms. The number of hydrogen-bond acceptors (Lipinski definition) is 5. The number of methoxy groups -OCH3 is 1. The van der Waals surface area contributed by atoms with Gasteiger partial charge in [-0.2, -0.15) is 0 Å². The van der Waals surface area contributed by atoms with E-state index >= 15 is 0 Å². The van der Waals surface area contributed by atoms with Crippen molar-refractivity contribution in [3.05, 3.63) is 15.5 Å². The molecule has 94 valence electrons. The molecule has 17 heavy (non-hydrogen) atoms. The highest BCUT2D eigenvalue weighted by atomic mass is 35.5. The summed E-state index contributed by atoms with van der Waals surface area (Å²) in [6.07, 6.45) is 6.20. The predicted octanol–water partition coefficient (Wildman–Crippen LogP) is 2.54. The molecule has 1 heterocycles. The van der Waals surface area contributed by atoms with Crippen LogP contribution in [-0.2, 0) is 9.53 Å². The first kappa shape index (κ1) is 12.8. The minimum atomic E-state index is -0.486. The van der Waals surface area contributed by atoms with Crippen molar-refractivity contribution in [2.75, 3.05) is 7.11 Å². The highest BCUT2D eigenvalue weighted by molar-refractivity contribution is 7.16. The zero-order valence-electron chi connectivity index (χ0n) is 9.61. The summed E-state index contributed by atoms with van der Waals surface area (Å²) in [6.45, 7) is 0. The summed E-state index contributed by atoms with van der Waals surface area (Å²) in [6, 6.07) is -0.109. The lowest BCUT2D eigenvalue weighted by molar-refractivity contribution is -0.143. The number of thiazole rings is 1. The van der Waals surface area contributed by atoms with Gasteiger partial charge in [-0.1, -0.05) is 24.4 Å². The maximum atomic E-state index is 11.7. The summed E-state index contributed by atoms with van der Waals surface area (Å²) in [5, 5.41) is 3.99. The van der Waals surface area contributed by atoms with Crippen LogP contribution >= 0.6 is 22.9 Å².